The molecule has 4 nitrogen and oxygen atoms in total. The summed E-state index contributed by atoms with van der Waals surface area (Å²) in [6.07, 6.45) is 3.90. The van der Waals surface area contributed by atoms with Gasteiger partial charge in [-0.3, -0.25) is 9.59 Å². The number of carbonyl (C=O) groups excluding carboxylic acids is 2. The summed E-state index contributed by atoms with van der Waals surface area (Å²) in [5, 5.41) is 2.93. The minimum absolute atomic E-state index is 0.0486. The number of benzene rings is 1. The molecule has 1 aliphatic carbocycles. The highest BCUT2D eigenvalue weighted by atomic mass is 16.2. The fraction of sp³-hybridized carbons (Fsp3) is 0.375. The summed E-state index contributed by atoms with van der Waals surface area (Å²) in [6, 6.07) is 9.84. The molecule has 2 aliphatic rings. The summed E-state index contributed by atoms with van der Waals surface area (Å²) in [5.74, 6) is -0.0652. The van der Waals surface area contributed by atoms with Crippen LogP contribution in [0.25, 0.3) is 0 Å². The van der Waals surface area contributed by atoms with Crippen LogP contribution in [0.4, 0.5) is 0 Å². The van der Waals surface area contributed by atoms with Crippen LogP contribution in [0.15, 0.2) is 42.5 Å². The average molecular weight is 270 g/mol. The van der Waals surface area contributed by atoms with Crippen LogP contribution in [0.3, 0.4) is 0 Å². The van der Waals surface area contributed by atoms with Crippen LogP contribution in [0.2, 0.25) is 0 Å². The number of fused-ring (bicyclic) bond motifs is 1. The number of amides is 2. The molecule has 1 aromatic carbocycles. The second kappa shape index (κ2) is 4.47. The Kier molecular flexibility index (Phi) is 2.89. The van der Waals surface area contributed by atoms with Gasteiger partial charge in [-0.2, -0.15) is 0 Å². The molecule has 1 aliphatic heterocycles. The van der Waals surface area contributed by atoms with E-state index in [1.807, 2.05) is 56.3 Å². The lowest BCUT2D eigenvalue weighted by molar-refractivity contribution is -0.165. The summed E-state index contributed by atoms with van der Waals surface area (Å²) in [7, 11) is 0. The van der Waals surface area contributed by atoms with Crippen molar-refractivity contribution in [3.63, 3.8) is 0 Å². The number of hydrogen-bond donors (Lipinski definition) is 1. The summed E-state index contributed by atoms with van der Waals surface area (Å²) in [4.78, 5) is 25.6. The molecule has 0 radical (unpaired) electrons. The second-order valence-corrected chi connectivity index (χ2v) is 5.72. The highest BCUT2D eigenvalue weighted by Crippen LogP contribution is 2.47. The molecule has 1 saturated heterocycles. The lowest BCUT2D eigenvalue weighted by atomic mass is 9.64. The lowest BCUT2D eigenvalue weighted by Crippen LogP contribution is -2.71. The summed E-state index contributed by atoms with van der Waals surface area (Å²) in [6.45, 7) is 4.00. The first-order valence-electron chi connectivity index (χ1n) is 6.87. The second-order valence-electron chi connectivity index (χ2n) is 5.72. The van der Waals surface area contributed by atoms with Crippen molar-refractivity contribution in [2.75, 3.05) is 6.54 Å². The number of likely N-dealkylation sites (tertiary alicyclic amines) is 1. The molecule has 0 saturated carbocycles. The third-order valence-electron chi connectivity index (χ3n) is 4.29. The van der Waals surface area contributed by atoms with Gasteiger partial charge in [-0.25, -0.2) is 0 Å². The number of nitrogens with zero attached hydrogens (tertiary/aromatic N) is 1. The van der Waals surface area contributed by atoms with Crippen LogP contribution in [0.5, 0.6) is 0 Å². The monoisotopic (exact) mass is 270 g/mol. The fourth-order valence-corrected chi connectivity index (χ4v) is 2.90. The van der Waals surface area contributed by atoms with E-state index < -0.39 is 0 Å². The number of rotatable bonds is 4. The van der Waals surface area contributed by atoms with E-state index in [1.165, 1.54) is 0 Å². The molecule has 0 unspecified atom stereocenters. The average Bonchev–Trinajstić information content (AvgIpc) is 2.44. The van der Waals surface area contributed by atoms with Crippen molar-refractivity contribution in [2.24, 2.45) is 5.41 Å². The quantitative estimate of drug-likeness (QED) is 0.668. The first kappa shape index (κ1) is 12.9. The van der Waals surface area contributed by atoms with Gasteiger partial charge in [0.05, 0.1) is 17.5 Å². The molecule has 1 aromatic rings. The molecule has 3 rings (SSSR count). The Hall–Kier alpha value is -2.10. The van der Waals surface area contributed by atoms with Crippen LogP contribution >= 0.6 is 0 Å². The van der Waals surface area contributed by atoms with Crippen molar-refractivity contribution in [3.8, 4) is 0 Å². The van der Waals surface area contributed by atoms with Gasteiger partial charge in [0, 0.05) is 0 Å². The minimum Gasteiger partial charge on any atom is -0.348 e. The van der Waals surface area contributed by atoms with Crippen LogP contribution in [-0.4, -0.2) is 29.3 Å². The Bertz CT molecular complexity index is 581. The molecule has 104 valence electrons. The Labute approximate surface area is 118 Å². The highest BCUT2D eigenvalue weighted by molar-refractivity contribution is 5.97. The third kappa shape index (κ3) is 1.83. The van der Waals surface area contributed by atoms with Gasteiger partial charge in [0.1, 0.15) is 6.54 Å². The maximum atomic E-state index is 12.0. The molecular formula is C16H18N2O2. The summed E-state index contributed by atoms with van der Waals surface area (Å²) in [5.41, 5.74) is 0.717. The van der Waals surface area contributed by atoms with E-state index >= 15 is 0 Å². The third-order valence-corrected chi connectivity index (χ3v) is 4.29. The molecule has 20 heavy (non-hydrogen) atoms. The standard InChI is InChI=1S/C16H18N2O2/c1-11(12-6-4-3-5-7-12)17-14(19)10-18-13-8-9-16(13,2)15(18)20/h3-9,11,13H,10H2,1-2H3,(H,17,19)/t11-,13+,16-/m1/s1. The molecule has 0 bridgehead atoms. The molecule has 1 fully saturated rings. The van der Waals surface area contributed by atoms with Crippen LogP contribution in [0, 0.1) is 5.41 Å². The molecule has 3 atom stereocenters. The van der Waals surface area contributed by atoms with Crippen molar-refractivity contribution >= 4 is 11.8 Å². The number of nitrogens with one attached hydrogen (secondary N) is 1. The van der Waals surface area contributed by atoms with Gasteiger partial charge in [-0.15, -0.1) is 0 Å². The molecule has 1 heterocycles. The van der Waals surface area contributed by atoms with Crippen molar-refractivity contribution in [3.05, 3.63) is 48.0 Å². The normalized spacial score (nSPS) is 28.2. The molecule has 4 heteroatoms. The largest absolute Gasteiger partial charge is 0.348 e. The lowest BCUT2D eigenvalue weighted by Gasteiger charge is -2.56. The van der Waals surface area contributed by atoms with Crippen molar-refractivity contribution in [1.29, 1.82) is 0 Å². The van der Waals surface area contributed by atoms with Gasteiger partial charge in [0.15, 0.2) is 0 Å². The van der Waals surface area contributed by atoms with Gasteiger partial charge in [0.25, 0.3) is 0 Å². The Morgan fingerprint density at radius 3 is 2.65 bits per heavy atom. The van der Waals surface area contributed by atoms with Gasteiger partial charge in [0.2, 0.25) is 11.8 Å². The smallest absolute Gasteiger partial charge is 0.240 e. The van der Waals surface area contributed by atoms with Crippen molar-refractivity contribution in [2.45, 2.75) is 25.9 Å². The fourth-order valence-electron chi connectivity index (χ4n) is 2.90. The maximum Gasteiger partial charge on any atom is 0.240 e. The topological polar surface area (TPSA) is 49.4 Å². The molecule has 0 aromatic heterocycles. The van der Waals surface area contributed by atoms with Crippen LogP contribution in [-0.2, 0) is 9.59 Å². The Balaban J connectivity index is 1.56. The van der Waals surface area contributed by atoms with E-state index in [2.05, 4.69) is 5.32 Å². The zero-order valence-electron chi connectivity index (χ0n) is 11.7. The van der Waals surface area contributed by atoms with E-state index in [4.69, 9.17) is 0 Å². The van der Waals surface area contributed by atoms with Crippen molar-refractivity contribution in [1.82, 2.24) is 10.2 Å². The van der Waals surface area contributed by atoms with E-state index in [0.29, 0.717) is 0 Å². The van der Waals surface area contributed by atoms with E-state index in [1.54, 1.807) is 4.90 Å². The van der Waals surface area contributed by atoms with Crippen molar-refractivity contribution < 1.29 is 9.59 Å². The van der Waals surface area contributed by atoms with Crippen LogP contribution in [0.1, 0.15) is 25.5 Å². The summed E-state index contributed by atoms with van der Waals surface area (Å²) < 4.78 is 0. The Morgan fingerprint density at radius 2 is 2.10 bits per heavy atom. The number of hydrogen-bond acceptors (Lipinski definition) is 2. The first-order chi connectivity index (χ1) is 9.52. The Morgan fingerprint density at radius 1 is 1.40 bits per heavy atom. The molecule has 2 amide bonds. The first-order valence-corrected chi connectivity index (χ1v) is 6.87. The van der Waals surface area contributed by atoms with Gasteiger partial charge in [-0.05, 0) is 19.4 Å². The number of carbonyl (C=O) groups is 2. The van der Waals surface area contributed by atoms with Gasteiger partial charge in [-0.1, -0.05) is 42.5 Å². The maximum absolute atomic E-state index is 12.0. The summed E-state index contributed by atoms with van der Waals surface area (Å²) >= 11 is 0. The van der Waals surface area contributed by atoms with Gasteiger partial charge >= 0.3 is 0 Å². The van der Waals surface area contributed by atoms with Crippen LogP contribution < -0.4 is 5.32 Å². The van der Waals surface area contributed by atoms with Gasteiger partial charge < -0.3 is 10.2 Å². The molecular weight excluding hydrogens is 252 g/mol. The zero-order chi connectivity index (χ0) is 14.3. The SMILES string of the molecule is C[C@@H](NC(=O)CN1C(=O)[C@]2(C)C=C[C@H]12)c1ccccc1. The van der Waals surface area contributed by atoms with E-state index in [0.717, 1.165) is 5.56 Å². The molecule has 1 N–H and O–H groups in total. The predicted octanol–water partition coefficient (Wildman–Crippen LogP) is 1.65. The van der Waals surface area contributed by atoms with E-state index in [9.17, 15) is 9.59 Å². The molecule has 0 spiro atoms. The zero-order valence-corrected chi connectivity index (χ0v) is 11.7. The minimum atomic E-state index is -0.342. The predicted molar refractivity (Wildman–Crippen MR) is 75.7 cm³/mol. The highest BCUT2D eigenvalue weighted by Gasteiger charge is 2.59. The van der Waals surface area contributed by atoms with E-state index in [-0.39, 0.29) is 35.9 Å². The number of β-lactam (4-membered cyclic amide) rings is 1.